The predicted molar refractivity (Wildman–Crippen MR) is 136 cm³/mol. The fourth-order valence-corrected chi connectivity index (χ4v) is 4.48. The summed E-state index contributed by atoms with van der Waals surface area (Å²) in [5.41, 5.74) is 2.28. The summed E-state index contributed by atoms with van der Waals surface area (Å²) in [5.74, 6) is 0.859. The Kier molecular flexibility index (Phi) is 7.09. The second-order valence-corrected chi connectivity index (χ2v) is 8.69. The molecule has 34 heavy (non-hydrogen) atoms. The van der Waals surface area contributed by atoms with Gasteiger partial charge in [0.05, 0.1) is 36.6 Å². The van der Waals surface area contributed by atoms with Crippen LogP contribution in [0, 0.1) is 6.92 Å². The molecule has 0 unspecified atom stereocenters. The minimum atomic E-state index is -0.256. The van der Waals surface area contributed by atoms with Crippen molar-refractivity contribution in [3.63, 3.8) is 0 Å². The van der Waals surface area contributed by atoms with Crippen LogP contribution in [0.2, 0.25) is 5.02 Å². The fraction of sp³-hybridized carbons (Fsp3) is 0.160. The average molecular weight is 496 g/mol. The van der Waals surface area contributed by atoms with Crippen molar-refractivity contribution in [2.75, 3.05) is 25.3 Å². The van der Waals surface area contributed by atoms with E-state index in [9.17, 15) is 9.59 Å². The van der Waals surface area contributed by atoms with Crippen LogP contribution in [0.3, 0.4) is 0 Å². The standard InChI is InChI=1S/C25H22ClN3O4S/c1-15-18(26)8-6-10-20(15)29-24(31)17-7-4-5-9-19(17)28-25(29)34-14-23(30)27-16-11-12-21(32-2)22(13-16)33-3/h4-13H,14H2,1-3H3,(H,27,30). The van der Waals surface area contributed by atoms with Gasteiger partial charge in [0.15, 0.2) is 16.7 Å². The fourth-order valence-electron chi connectivity index (χ4n) is 3.50. The van der Waals surface area contributed by atoms with Gasteiger partial charge in [0.2, 0.25) is 5.91 Å². The number of anilines is 1. The van der Waals surface area contributed by atoms with Gasteiger partial charge in [-0.2, -0.15) is 0 Å². The number of hydrogen-bond donors (Lipinski definition) is 1. The molecule has 0 fully saturated rings. The number of nitrogens with one attached hydrogen (secondary N) is 1. The Bertz CT molecular complexity index is 1440. The zero-order valence-corrected chi connectivity index (χ0v) is 20.4. The van der Waals surface area contributed by atoms with Crippen molar-refractivity contribution < 1.29 is 14.3 Å². The first-order valence-corrected chi connectivity index (χ1v) is 11.7. The van der Waals surface area contributed by atoms with Gasteiger partial charge >= 0.3 is 0 Å². The van der Waals surface area contributed by atoms with Crippen LogP contribution in [0.5, 0.6) is 11.5 Å². The van der Waals surface area contributed by atoms with Gasteiger partial charge in [0, 0.05) is 16.8 Å². The molecule has 0 bridgehead atoms. The number of amides is 1. The Morgan fingerprint density at radius 3 is 2.59 bits per heavy atom. The number of halogens is 1. The molecule has 0 spiro atoms. The van der Waals surface area contributed by atoms with Crippen molar-refractivity contribution in [2.24, 2.45) is 0 Å². The van der Waals surface area contributed by atoms with Gasteiger partial charge in [-0.15, -0.1) is 0 Å². The zero-order chi connectivity index (χ0) is 24.2. The summed E-state index contributed by atoms with van der Waals surface area (Å²) in [6, 6.07) is 17.6. The lowest BCUT2D eigenvalue weighted by Gasteiger charge is -2.16. The molecule has 4 rings (SSSR count). The third kappa shape index (κ3) is 4.73. The van der Waals surface area contributed by atoms with E-state index in [0.29, 0.717) is 44.0 Å². The van der Waals surface area contributed by atoms with Crippen molar-refractivity contribution in [3.05, 3.63) is 81.6 Å². The highest BCUT2D eigenvalue weighted by Crippen LogP contribution is 2.30. The monoisotopic (exact) mass is 495 g/mol. The highest BCUT2D eigenvalue weighted by atomic mass is 35.5. The molecular weight excluding hydrogens is 474 g/mol. The molecule has 1 aromatic heterocycles. The summed E-state index contributed by atoms with van der Waals surface area (Å²) in [4.78, 5) is 30.8. The second kappa shape index (κ2) is 10.2. The van der Waals surface area contributed by atoms with Crippen LogP contribution in [0.15, 0.2) is 70.6 Å². The number of thioether (sulfide) groups is 1. The number of hydrogen-bond acceptors (Lipinski definition) is 6. The van der Waals surface area contributed by atoms with Gasteiger partial charge in [0.1, 0.15) is 0 Å². The molecule has 3 aromatic carbocycles. The smallest absolute Gasteiger partial charge is 0.266 e. The predicted octanol–water partition coefficient (Wildman–Crippen LogP) is 5.10. The quantitative estimate of drug-likeness (QED) is 0.284. The molecule has 1 N–H and O–H groups in total. The SMILES string of the molecule is COc1ccc(NC(=O)CSc2nc3ccccc3c(=O)n2-c2cccc(Cl)c2C)cc1OC. The topological polar surface area (TPSA) is 82.5 Å². The van der Waals surface area contributed by atoms with Crippen molar-refractivity contribution >= 4 is 45.9 Å². The molecule has 1 amide bonds. The number of ether oxygens (including phenoxy) is 2. The molecule has 0 aliphatic heterocycles. The molecule has 4 aromatic rings. The first kappa shape index (κ1) is 23.7. The summed E-state index contributed by atoms with van der Waals surface area (Å²) >= 11 is 7.50. The molecule has 1 heterocycles. The Morgan fingerprint density at radius 1 is 1.06 bits per heavy atom. The normalized spacial score (nSPS) is 10.8. The highest BCUT2D eigenvalue weighted by Gasteiger charge is 2.17. The largest absolute Gasteiger partial charge is 0.493 e. The summed E-state index contributed by atoms with van der Waals surface area (Å²) in [7, 11) is 3.08. The molecule has 0 aliphatic rings. The van der Waals surface area contributed by atoms with Gasteiger partial charge in [0.25, 0.3) is 5.56 Å². The summed E-state index contributed by atoms with van der Waals surface area (Å²) in [6.07, 6.45) is 0. The Morgan fingerprint density at radius 2 is 1.82 bits per heavy atom. The third-order valence-electron chi connectivity index (χ3n) is 5.22. The molecule has 0 aliphatic carbocycles. The van der Waals surface area contributed by atoms with E-state index in [1.165, 1.54) is 23.4 Å². The van der Waals surface area contributed by atoms with Gasteiger partial charge in [-0.25, -0.2) is 4.98 Å². The molecular formula is C25H22ClN3O4S. The van der Waals surface area contributed by atoms with Gasteiger partial charge < -0.3 is 14.8 Å². The second-order valence-electron chi connectivity index (χ2n) is 7.34. The maximum Gasteiger partial charge on any atom is 0.266 e. The van der Waals surface area contributed by atoms with Crippen molar-refractivity contribution in [1.29, 1.82) is 0 Å². The van der Waals surface area contributed by atoms with Crippen LogP contribution < -0.4 is 20.3 Å². The van der Waals surface area contributed by atoms with E-state index in [2.05, 4.69) is 10.3 Å². The van der Waals surface area contributed by atoms with E-state index >= 15 is 0 Å². The number of carbonyl (C=O) groups excluding carboxylic acids is 1. The zero-order valence-electron chi connectivity index (χ0n) is 18.8. The van der Waals surface area contributed by atoms with Gasteiger partial charge in [-0.1, -0.05) is 41.6 Å². The highest BCUT2D eigenvalue weighted by molar-refractivity contribution is 7.99. The lowest BCUT2D eigenvalue weighted by Crippen LogP contribution is -2.23. The molecule has 0 atom stereocenters. The van der Waals surface area contributed by atoms with Crippen LogP contribution in [0.4, 0.5) is 5.69 Å². The molecule has 7 nitrogen and oxygen atoms in total. The van der Waals surface area contributed by atoms with E-state index in [1.54, 1.807) is 55.6 Å². The number of methoxy groups -OCH3 is 2. The van der Waals surface area contributed by atoms with Gasteiger partial charge in [-0.3, -0.25) is 14.2 Å². The third-order valence-corrected chi connectivity index (χ3v) is 6.57. The number of fused-ring (bicyclic) bond motifs is 1. The number of aromatic nitrogens is 2. The number of rotatable bonds is 7. The van der Waals surface area contributed by atoms with E-state index in [0.717, 1.165) is 5.56 Å². The molecule has 0 radical (unpaired) electrons. The summed E-state index contributed by atoms with van der Waals surface area (Å²) in [5, 5.41) is 4.27. The molecule has 0 saturated heterocycles. The lowest BCUT2D eigenvalue weighted by atomic mass is 10.2. The number of benzene rings is 3. The van der Waals surface area contributed by atoms with Crippen LogP contribution in [0.1, 0.15) is 5.56 Å². The number of para-hydroxylation sites is 1. The first-order chi connectivity index (χ1) is 16.4. The Labute approximate surface area is 205 Å². The van der Waals surface area contributed by atoms with E-state index in [4.69, 9.17) is 21.1 Å². The average Bonchev–Trinajstić information content (AvgIpc) is 2.85. The van der Waals surface area contributed by atoms with Crippen molar-refractivity contribution in [1.82, 2.24) is 9.55 Å². The molecule has 0 saturated carbocycles. The Balaban J connectivity index is 1.66. The van der Waals surface area contributed by atoms with E-state index in [1.807, 2.05) is 19.1 Å². The summed E-state index contributed by atoms with van der Waals surface area (Å²) < 4.78 is 12.0. The van der Waals surface area contributed by atoms with Crippen molar-refractivity contribution in [2.45, 2.75) is 12.1 Å². The van der Waals surface area contributed by atoms with Crippen LogP contribution >= 0.6 is 23.4 Å². The van der Waals surface area contributed by atoms with Crippen LogP contribution in [-0.2, 0) is 4.79 Å². The van der Waals surface area contributed by atoms with Crippen LogP contribution in [-0.4, -0.2) is 35.4 Å². The summed E-state index contributed by atoms with van der Waals surface area (Å²) in [6.45, 7) is 1.84. The Hall–Kier alpha value is -3.49. The van der Waals surface area contributed by atoms with Gasteiger partial charge in [-0.05, 0) is 48.9 Å². The maximum atomic E-state index is 13.4. The van der Waals surface area contributed by atoms with E-state index < -0.39 is 0 Å². The lowest BCUT2D eigenvalue weighted by molar-refractivity contribution is -0.113. The molecule has 174 valence electrons. The number of nitrogens with zero attached hydrogens (tertiary/aromatic N) is 2. The van der Waals surface area contributed by atoms with Crippen LogP contribution in [0.25, 0.3) is 16.6 Å². The maximum absolute atomic E-state index is 13.4. The minimum absolute atomic E-state index is 0.0404. The molecule has 9 heteroatoms. The van der Waals surface area contributed by atoms with Crippen molar-refractivity contribution in [3.8, 4) is 17.2 Å². The minimum Gasteiger partial charge on any atom is -0.493 e. The first-order valence-electron chi connectivity index (χ1n) is 10.3. The number of carbonyl (C=O) groups is 1. The van der Waals surface area contributed by atoms with E-state index in [-0.39, 0.29) is 17.2 Å².